The molecule has 3 aromatic carbocycles. The van der Waals surface area contributed by atoms with Gasteiger partial charge in [-0.15, -0.1) is 0 Å². The summed E-state index contributed by atoms with van der Waals surface area (Å²) in [7, 11) is 0. The third-order valence-corrected chi connectivity index (χ3v) is 5.80. The van der Waals surface area contributed by atoms with Crippen molar-refractivity contribution in [1.29, 1.82) is 0 Å². The van der Waals surface area contributed by atoms with E-state index in [0.717, 1.165) is 36.5 Å². The zero-order valence-corrected chi connectivity index (χ0v) is 16.0. The van der Waals surface area contributed by atoms with Gasteiger partial charge in [-0.25, -0.2) is 4.98 Å². The fraction of sp³-hybridized carbons (Fsp3) is 0.250. The number of likely N-dealkylation sites (tertiary alicyclic amines) is 1. The molecule has 5 rings (SSSR count). The molecule has 0 spiro atoms. The Morgan fingerprint density at radius 2 is 1.79 bits per heavy atom. The topological polar surface area (TPSA) is 38.1 Å². The quantitative estimate of drug-likeness (QED) is 0.528. The monoisotopic (exact) mass is 369 g/mol. The second-order valence-electron chi connectivity index (χ2n) is 7.56. The number of hydrogen-bond acceptors (Lipinski definition) is 2. The van der Waals surface area contributed by atoms with Crippen molar-refractivity contribution in [3.63, 3.8) is 0 Å². The summed E-state index contributed by atoms with van der Waals surface area (Å²) >= 11 is 0. The lowest BCUT2D eigenvalue weighted by Gasteiger charge is -2.16. The van der Waals surface area contributed by atoms with Crippen molar-refractivity contribution < 1.29 is 4.79 Å². The smallest absolute Gasteiger partial charge is 0.223 e. The Hall–Kier alpha value is -3.14. The number of aromatic nitrogens is 2. The van der Waals surface area contributed by atoms with Crippen molar-refractivity contribution in [2.75, 3.05) is 13.1 Å². The molecule has 1 atom stereocenters. The Morgan fingerprint density at radius 3 is 2.61 bits per heavy atom. The first-order chi connectivity index (χ1) is 13.7. The highest BCUT2D eigenvalue weighted by molar-refractivity contribution is 5.83. The SMILES string of the molecule is CCN1C[C@H](c2nc3ccccc3n2Cc2ccc3ccccc3c2)CC1=O. The summed E-state index contributed by atoms with van der Waals surface area (Å²) in [6.45, 7) is 4.33. The first-order valence-corrected chi connectivity index (χ1v) is 9.93. The molecule has 0 N–H and O–H groups in total. The van der Waals surface area contributed by atoms with E-state index in [1.54, 1.807) is 0 Å². The van der Waals surface area contributed by atoms with E-state index in [2.05, 4.69) is 65.2 Å². The Balaban J connectivity index is 1.58. The van der Waals surface area contributed by atoms with E-state index in [-0.39, 0.29) is 11.8 Å². The second-order valence-corrected chi connectivity index (χ2v) is 7.56. The van der Waals surface area contributed by atoms with Crippen molar-refractivity contribution >= 4 is 27.7 Å². The molecule has 1 amide bonds. The first kappa shape index (κ1) is 17.0. The first-order valence-electron chi connectivity index (χ1n) is 9.93. The molecule has 4 heteroatoms. The summed E-state index contributed by atoms with van der Waals surface area (Å²) in [5, 5.41) is 2.50. The van der Waals surface area contributed by atoms with Crippen LogP contribution in [0.4, 0.5) is 0 Å². The van der Waals surface area contributed by atoms with E-state index in [1.807, 2.05) is 17.9 Å². The van der Waals surface area contributed by atoms with Crippen molar-refractivity contribution in [2.45, 2.75) is 25.8 Å². The van der Waals surface area contributed by atoms with Crippen molar-refractivity contribution in [2.24, 2.45) is 0 Å². The maximum absolute atomic E-state index is 12.3. The van der Waals surface area contributed by atoms with Gasteiger partial charge in [0.1, 0.15) is 5.82 Å². The van der Waals surface area contributed by atoms with Crippen LogP contribution in [0.5, 0.6) is 0 Å². The van der Waals surface area contributed by atoms with E-state index in [9.17, 15) is 4.79 Å². The fourth-order valence-electron chi connectivity index (χ4n) is 4.34. The number of carbonyl (C=O) groups is 1. The van der Waals surface area contributed by atoms with Gasteiger partial charge in [0, 0.05) is 32.0 Å². The number of likely N-dealkylation sites (N-methyl/N-ethyl adjacent to an activating group) is 1. The summed E-state index contributed by atoms with van der Waals surface area (Å²) < 4.78 is 2.30. The zero-order valence-electron chi connectivity index (χ0n) is 16.0. The summed E-state index contributed by atoms with van der Waals surface area (Å²) in [6, 6.07) is 23.3. The molecular weight excluding hydrogens is 346 g/mol. The largest absolute Gasteiger partial charge is 0.342 e. The number of amides is 1. The van der Waals surface area contributed by atoms with E-state index < -0.39 is 0 Å². The van der Waals surface area contributed by atoms with Gasteiger partial charge >= 0.3 is 0 Å². The molecular formula is C24H23N3O. The molecule has 1 aromatic heterocycles. The van der Waals surface area contributed by atoms with E-state index in [0.29, 0.717) is 6.42 Å². The number of rotatable bonds is 4. The minimum absolute atomic E-state index is 0.153. The highest BCUT2D eigenvalue weighted by Gasteiger charge is 2.33. The van der Waals surface area contributed by atoms with Crippen LogP contribution in [0.25, 0.3) is 21.8 Å². The van der Waals surface area contributed by atoms with Crippen LogP contribution in [0, 0.1) is 0 Å². The van der Waals surface area contributed by atoms with Crippen LogP contribution in [0.15, 0.2) is 66.7 Å². The van der Waals surface area contributed by atoms with Gasteiger partial charge in [0.15, 0.2) is 0 Å². The Labute approximate surface area is 164 Å². The number of benzene rings is 3. The molecule has 0 unspecified atom stereocenters. The average Bonchev–Trinajstić information content (AvgIpc) is 3.28. The van der Waals surface area contributed by atoms with Crippen molar-refractivity contribution in [3.8, 4) is 0 Å². The molecule has 28 heavy (non-hydrogen) atoms. The van der Waals surface area contributed by atoms with Crippen LogP contribution in [-0.2, 0) is 11.3 Å². The minimum atomic E-state index is 0.153. The molecule has 0 radical (unpaired) electrons. The lowest BCUT2D eigenvalue weighted by Crippen LogP contribution is -2.24. The highest BCUT2D eigenvalue weighted by Crippen LogP contribution is 2.31. The molecule has 1 aliphatic rings. The molecule has 0 bridgehead atoms. The van der Waals surface area contributed by atoms with Crippen LogP contribution < -0.4 is 0 Å². The second kappa shape index (κ2) is 6.79. The lowest BCUT2D eigenvalue weighted by atomic mass is 10.1. The molecule has 140 valence electrons. The Morgan fingerprint density at radius 1 is 1.00 bits per heavy atom. The molecule has 1 aliphatic heterocycles. The molecule has 0 saturated carbocycles. The number of imidazole rings is 1. The molecule has 1 saturated heterocycles. The summed E-state index contributed by atoms with van der Waals surface area (Å²) in [4.78, 5) is 19.2. The van der Waals surface area contributed by atoms with Gasteiger partial charge in [-0.05, 0) is 41.5 Å². The van der Waals surface area contributed by atoms with Gasteiger partial charge in [-0.3, -0.25) is 4.79 Å². The third-order valence-electron chi connectivity index (χ3n) is 5.80. The molecule has 1 fully saturated rings. The maximum atomic E-state index is 12.3. The number of hydrogen-bond donors (Lipinski definition) is 0. The summed E-state index contributed by atoms with van der Waals surface area (Å²) in [6.07, 6.45) is 0.550. The average molecular weight is 369 g/mol. The third kappa shape index (κ3) is 2.85. The summed E-state index contributed by atoms with van der Waals surface area (Å²) in [5.41, 5.74) is 3.38. The number of fused-ring (bicyclic) bond motifs is 2. The Kier molecular flexibility index (Phi) is 4.12. The number of nitrogens with zero attached hydrogens (tertiary/aromatic N) is 3. The van der Waals surface area contributed by atoms with Gasteiger partial charge in [-0.2, -0.15) is 0 Å². The van der Waals surface area contributed by atoms with Crippen LogP contribution in [0.1, 0.15) is 30.7 Å². The van der Waals surface area contributed by atoms with Gasteiger partial charge in [0.25, 0.3) is 0 Å². The van der Waals surface area contributed by atoms with Crippen LogP contribution in [0.3, 0.4) is 0 Å². The molecule has 4 aromatic rings. The minimum Gasteiger partial charge on any atom is -0.342 e. The van der Waals surface area contributed by atoms with E-state index in [4.69, 9.17) is 4.98 Å². The highest BCUT2D eigenvalue weighted by atomic mass is 16.2. The van der Waals surface area contributed by atoms with Gasteiger partial charge in [-0.1, -0.05) is 48.5 Å². The van der Waals surface area contributed by atoms with Crippen molar-refractivity contribution in [1.82, 2.24) is 14.5 Å². The van der Waals surface area contributed by atoms with Gasteiger partial charge in [0.2, 0.25) is 5.91 Å². The predicted molar refractivity (Wildman–Crippen MR) is 112 cm³/mol. The van der Waals surface area contributed by atoms with Crippen molar-refractivity contribution in [3.05, 3.63) is 78.1 Å². The normalized spacial score (nSPS) is 17.1. The maximum Gasteiger partial charge on any atom is 0.223 e. The van der Waals surface area contributed by atoms with Gasteiger partial charge < -0.3 is 9.47 Å². The molecule has 0 aliphatic carbocycles. The number of para-hydroxylation sites is 2. The Bertz CT molecular complexity index is 1180. The molecule has 2 heterocycles. The summed E-state index contributed by atoms with van der Waals surface area (Å²) in [5.74, 6) is 1.41. The zero-order chi connectivity index (χ0) is 19.1. The van der Waals surface area contributed by atoms with Crippen LogP contribution in [-0.4, -0.2) is 33.4 Å². The van der Waals surface area contributed by atoms with E-state index >= 15 is 0 Å². The standard InChI is InChI=1S/C24H23N3O/c1-2-26-16-20(14-23(26)28)24-25-21-9-5-6-10-22(21)27(24)15-17-11-12-18-7-3-4-8-19(18)13-17/h3-13,20H,2,14-16H2,1H3/t20-/m1/s1. The van der Waals surface area contributed by atoms with Gasteiger partial charge in [0.05, 0.1) is 11.0 Å². The lowest BCUT2D eigenvalue weighted by molar-refractivity contribution is -0.127. The van der Waals surface area contributed by atoms with E-state index in [1.165, 1.54) is 16.3 Å². The van der Waals surface area contributed by atoms with Crippen LogP contribution >= 0.6 is 0 Å². The predicted octanol–water partition coefficient (Wildman–Crippen LogP) is 4.57. The van der Waals surface area contributed by atoms with Crippen LogP contribution in [0.2, 0.25) is 0 Å². The molecule has 4 nitrogen and oxygen atoms in total. The fourth-order valence-corrected chi connectivity index (χ4v) is 4.34. The number of carbonyl (C=O) groups excluding carboxylic acids is 1.